The molecule has 0 N–H and O–H groups in total. The highest BCUT2D eigenvalue weighted by Gasteiger charge is 2.12. The monoisotopic (exact) mass is 154 g/mol. The standard InChI is InChI=1S/C9H18Si/c1-6-7-9(2)8-10(3,4)5/h6-7H,1,8H2,2-5H3/b9-7+. The van der Waals surface area contributed by atoms with Gasteiger partial charge >= 0.3 is 0 Å². The van der Waals surface area contributed by atoms with Crippen LogP contribution >= 0.6 is 0 Å². The van der Waals surface area contributed by atoms with Gasteiger partial charge in [-0.2, -0.15) is 0 Å². The first kappa shape index (κ1) is 9.70. The van der Waals surface area contributed by atoms with E-state index in [9.17, 15) is 0 Å². The van der Waals surface area contributed by atoms with Crippen molar-refractivity contribution in [3.8, 4) is 0 Å². The number of hydrogen-bond donors (Lipinski definition) is 0. The summed E-state index contributed by atoms with van der Waals surface area (Å²) in [4.78, 5) is 0. The van der Waals surface area contributed by atoms with E-state index in [4.69, 9.17) is 0 Å². The molecule has 0 nitrogen and oxygen atoms in total. The van der Waals surface area contributed by atoms with Crippen LogP contribution in [0.3, 0.4) is 0 Å². The molecular formula is C9H18Si. The molecule has 0 rings (SSSR count). The highest BCUT2D eigenvalue weighted by Crippen LogP contribution is 2.14. The summed E-state index contributed by atoms with van der Waals surface area (Å²) in [5.41, 5.74) is 1.47. The summed E-state index contributed by atoms with van der Waals surface area (Å²) in [6.07, 6.45) is 3.98. The molecule has 0 heterocycles. The summed E-state index contributed by atoms with van der Waals surface area (Å²) in [6.45, 7) is 13.0. The summed E-state index contributed by atoms with van der Waals surface area (Å²) < 4.78 is 0. The molecule has 0 aliphatic carbocycles. The van der Waals surface area contributed by atoms with Gasteiger partial charge in [0.05, 0.1) is 0 Å². The van der Waals surface area contributed by atoms with E-state index in [0.717, 1.165) is 0 Å². The molecule has 0 bridgehead atoms. The molecule has 0 spiro atoms. The van der Waals surface area contributed by atoms with Crippen LogP contribution in [0.15, 0.2) is 24.3 Å². The molecule has 0 aromatic rings. The first-order valence-corrected chi connectivity index (χ1v) is 7.44. The molecule has 0 saturated carbocycles. The van der Waals surface area contributed by atoms with Crippen molar-refractivity contribution in [3.05, 3.63) is 24.3 Å². The van der Waals surface area contributed by atoms with Crippen molar-refractivity contribution in [1.29, 1.82) is 0 Å². The molecule has 1 heteroatoms. The highest BCUT2D eigenvalue weighted by atomic mass is 28.3. The summed E-state index contributed by atoms with van der Waals surface area (Å²) in [6, 6.07) is 1.29. The van der Waals surface area contributed by atoms with Gasteiger partial charge < -0.3 is 0 Å². The number of rotatable bonds is 3. The van der Waals surface area contributed by atoms with Crippen LogP contribution in [-0.4, -0.2) is 8.07 Å². The average Bonchev–Trinajstić information content (AvgIpc) is 1.59. The van der Waals surface area contributed by atoms with E-state index < -0.39 is 8.07 Å². The van der Waals surface area contributed by atoms with Gasteiger partial charge in [0.1, 0.15) is 0 Å². The van der Waals surface area contributed by atoms with E-state index in [1.165, 1.54) is 11.6 Å². The fraction of sp³-hybridized carbons (Fsp3) is 0.556. The second-order valence-corrected chi connectivity index (χ2v) is 9.46. The summed E-state index contributed by atoms with van der Waals surface area (Å²) >= 11 is 0. The molecule has 0 amide bonds. The van der Waals surface area contributed by atoms with Gasteiger partial charge in [0.15, 0.2) is 0 Å². The lowest BCUT2D eigenvalue weighted by Crippen LogP contribution is -2.19. The molecule has 58 valence electrons. The first-order valence-electron chi connectivity index (χ1n) is 3.74. The van der Waals surface area contributed by atoms with Crippen LogP contribution in [0, 0.1) is 0 Å². The highest BCUT2D eigenvalue weighted by molar-refractivity contribution is 6.76. The van der Waals surface area contributed by atoms with Crippen molar-refractivity contribution in [3.63, 3.8) is 0 Å². The average molecular weight is 154 g/mol. The third-order valence-electron chi connectivity index (χ3n) is 1.21. The molecular weight excluding hydrogens is 136 g/mol. The van der Waals surface area contributed by atoms with E-state index in [1.807, 2.05) is 6.08 Å². The molecule has 0 unspecified atom stereocenters. The van der Waals surface area contributed by atoms with Crippen LogP contribution in [0.25, 0.3) is 0 Å². The minimum Gasteiger partial charge on any atom is -0.0991 e. The molecule has 0 saturated heterocycles. The van der Waals surface area contributed by atoms with Gasteiger partial charge in [-0.1, -0.05) is 43.9 Å². The predicted octanol–water partition coefficient (Wildman–Crippen LogP) is 3.46. The third kappa shape index (κ3) is 5.83. The maximum atomic E-state index is 3.67. The third-order valence-corrected chi connectivity index (χ3v) is 2.83. The molecule has 0 aromatic heterocycles. The topological polar surface area (TPSA) is 0 Å². The Bertz CT molecular complexity index is 137. The van der Waals surface area contributed by atoms with E-state index in [0.29, 0.717) is 0 Å². The van der Waals surface area contributed by atoms with Crippen LogP contribution < -0.4 is 0 Å². The van der Waals surface area contributed by atoms with Gasteiger partial charge in [-0.25, -0.2) is 0 Å². The summed E-state index contributed by atoms with van der Waals surface area (Å²) in [7, 11) is -0.874. The Balaban J connectivity index is 3.91. The van der Waals surface area contributed by atoms with E-state index >= 15 is 0 Å². The van der Waals surface area contributed by atoms with Crippen molar-refractivity contribution in [2.75, 3.05) is 0 Å². The first-order chi connectivity index (χ1) is 4.45. The molecule has 0 atom stereocenters. The van der Waals surface area contributed by atoms with Crippen molar-refractivity contribution in [2.24, 2.45) is 0 Å². The Morgan fingerprint density at radius 3 is 2.20 bits per heavy atom. The normalized spacial score (nSPS) is 13.4. The van der Waals surface area contributed by atoms with Gasteiger partial charge in [0.25, 0.3) is 0 Å². The van der Waals surface area contributed by atoms with E-state index in [2.05, 4.69) is 39.2 Å². The van der Waals surface area contributed by atoms with E-state index in [1.54, 1.807) is 0 Å². The zero-order chi connectivity index (χ0) is 8.20. The Morgan fingerprint density at radius 2 is 1.90 bits per heavy atom. The molecule has 0 aliphatic heterocycles. The maximum Gasteiger partial charge on any atom is 0.0483 e. The minimum absolute atomic E-state index is 0.874. The largest absolute Gasteiger partial charge is 0.0991 e. The Hall–Kier alpha value is -0.303. The van der Waals surface area contributed by atoms with Crippen LogP contribution in [0.4, 0.5) is 0 Å². The van der Waals surface area contributed by atoms with Crippen LogP contribution in [-0.2, 0) is 0 Å². The van der Waals surface area contributed by atoms with Gasteiger partial charge in [-0.3, -0.25) is 0 Å². The summed E-state index contributed by atoms with van der Waals surface area (Å²) in [5, 5.41) is 0. The zero-order valence-corrected chi connectivity index (χ0v) is 8.57. The lowest BCUT2D eigenvalue weighted by atomic mass is 10.3. The van der Waals surface area contributed by atoms with Crippen LogP contribution in [0.2, 0.25) is 25.7 Å². The van der Waals surface area contributed by atoms with Gasteiger partial charge in [-0.05, 0) is 13.0 Å². The quantitative estimate of drug-likeness (QED) is 0.431. The second-order valence-electron chi connectivity index (χ2n) is 3.99. The predicted molar refractivity (Wildman–Crippen MR) is 52.1 cm³/mol. The zero-order valence-electron chi connectivity index (χ0n) is 7.57. The minimum atomic E-state index is -0.874. The fourth-order valence-corrected chi connectivity index (χ4v) is 2.89. The molecule has 0 aromatic carbocycles. The molecule has 0 fully saturated rings. The number of hydrogen-bond acceptors (Lipinski definition) is 0. The Labute approximate surface area is 65.7 Å². The molecule has 0 aliphatic rings. The van der Waals surface area contributed by atoms with Gasteiger partial charge in [0.2, 0.25) is 0 Å². The van der Waals surface area contributed by atoms with Crippen molar-refractivity contribution in [2.45, 2.75) is 32.6 Å². The summed E-state index contributed by atoms with van der Waals surface area (Å²) in [5.74, 6) is 0. The van der Waals surface area contributed by atoms with Crippen molar-refractivity contribution in [1.82, 2.24) is 0 Å². The smallest absolute Gasteiger partial charge is 0.0483 e. The number of allylic oxidation sites excluding steroid dienone is 3. The van der Waals surface area contributed by atoms with Gasteiger partial charge in [-0.15, -0.1) is 0 Å². The molecule has 0 radical (unpaired) electrons. The Morgan fingerprint density at radius 1 is 1.40 bits per heavy atom. The lowest BCUT2D eigenvalue weighted by Gasteiger charge is -2.15. The molecule has 10 heavy (non-hydrogen) atoms. The van der Waals surface area contributed by atoms with Gasteiger partial charge in [0, 0.05) is 8.07 Å². The van der Waals surface area contributed by atoms with E-state index in [-0.39, 0.29) is 0 Å². The second kappa shape index (κ2) is 3.77. The Kier molecular flexibility index (Phi) is 3.65. The van der Waals surface area contributed by atoms with Crippen LogP contribution in [0.1, 0.15) is 6.92 Å². The van der Waals surface area contributed by atoms with Crippen molar-refractivity contribution >= 4 is 8.07 Å². The maximum absolute atomic E-state index is 3.67. The fourth-order valence-electron chi connectivity index (χ4n) is 1.10. The lowest BCUT2D eigenvalue weighted by molar-refractivity contribution is 1.31. The van der Waals surface area contributed by atoms with Crippen LogP contribution in [0.5, 0.6) is 0 Å². The SMILES string of the molecule is C=C/C=C(\C)C[Si](C)(C)C. The van der Waals surface area contributed by atoms with Crippen molar-refractivity contribution < 1.29 is 0 Å².